The maximum atomic E-state index is 13.0. The second-order valence-corrected chi connectivity index (χ2v) is 4.70. The zero-order chi connectivity index (χ0) is 13.1. The van der Waals surface area contributed by atoms with Gasteiger partial charge in [-0.2, -0.15) is 0 Å². The third-order valence-electron chi connectivity index (χ3n) is 2.43. The van der Waals surface area contributed by atoms with Gasteiger partial charge in [0.2, 0.25) is 0 Å². The fourth-order valence-electron chi connectivity index (χ4n) is 1.67. The quantitative estimate of drug-likeness (QED) is 0.948. The summed E-state index contributed by atoms with van der Waals surface area (Å²) in [5, 5.41) is 0. The van der Waals surface area contributed by atoms with Crippen molar-refractivity contribution >= 4 is 15.9 Å². The van der Waals surface area contributed by atoms with Gasteiger partial charge < -0.3 is 5.73 Å². The molecule has 94 valence electrons. The molecule has 0 radical (unpaired) electrons. The molecule has 2 rings (SSSR count). The van der Waals surface area contributed by atoms with Gasteiger partial charge in [0.1, 0.15) is 18.0 Å². The van der Waals surface area contributed by atoms with Crippen LogP contribution in [-0.2, 0) is 6.42 Å². The minimum absolute atomic E-state index is 0.296. The highest BCUT2D eigenvalue weighted by molar-refractivity contribution is 9.10. The minimum atomic E-state index is -0.612. The number of aromatic nitrogens is 2. The van der Waals surface area contributed by atoms with Crippen molar-refractivity contribution in [1.29, 1.82) is 0 Å². The highest BCUT2D eigenvalue weighted by Crippen LogP contribution is 2.22. The van der Waals surface area contributed by atoms with Gasteiger partial charge in [0.25, 0.3) is 0 Å². The number of benzene rings is 1. The Morgan fingerprint density at radius 1 is 1.22 bits per heavy atom. The van der Waals surface area contributed by atoms with Crippen LogP contribution in [0.25, 0.3) is 0 Å². The SMILES string of the molecule is N[C@H](Cc1cc(F)cc(F)c1)c1ncncc1Br. The van der Waals surface area contributed by atoms with Crippen LogP contribution >= 0.6 is 15.9 Å². The van der Waals surface area contributed by atoms with E-state index in [0.717, 1.165) is 6.07 Å². The second-order valence-electron chi connectivity index (χ2n) is 3.84. The summed E-state index contributed by atoms with van der Waals surface area (Å²) in [6.45, 7) is 0. The van der Waals surface area contributed by atoms with Crippen LogP contribution in [0.3, 0.4) is 0 Å². The normalized spacial score (nSPS) is 12.4. The van der Waals surface area contributed by atoms with Gasteiger partial charge in [-0.1, -0.05) is 0 Å². The van der Waals surface area contributed by atoms with E-state index < -0.39 is 17.7 Å². The third-order valence-corrected chi connectivity index (χ3v) is 3.04. The molecule has 0 bridgehead atoms. The predicted octanol–water partition coefficient (Wildman–Crippen LogP) is 2.76. The molecule has 0 saturated heterocycles. The summed E-state index contributed by atoms with van der Waals surface area (Å²) in [5.41, 5.74) is 7.06. The third kappa shape index (κ3) is 3.08. The number of hydrogen-bond acceptors (Lipinski definition) is 3. The Balaban J connectivity index is 2.21. The van der Waals surface area contributed by atoms with E-state index in [2.05, 4.69) is 25.9 Å². The van der Waals surface area contributed by atoms with Crippen molar-refractivity contribution in [3.8, 4) is 0 Å². The van der Waals surface area contributed by atoms with Crippen molar-refractivity contribution in [1.82, 2.24) is 9.97 Å². The molecule has 2 aromatic rings. The van der Waals surface area contributed by atoms with Gasteiger partial charge in [-0.15, -0.1) is 0 Å². The number of hydrogen-bond donors (Lipinski definition) is 1. The monoisotopic (exact) mass is 313 g/mol. The van der Waals surface area contributed by atoms with Crippen LogP contribution in [0.1, 0.15) is 17.3 Å². The summed E-state index contributed by atoms with van der Waals surface area (Å²) in [7, 11) is 0. The first-order valence-corrected chi connectivity index (χ1v) is 6.01. The Hall–Kier alpha value is -1.40. The summed E-state index contributed by atoms with van der Waals surface area (Å²) in [5.74, 6) is -1.22. The lowest BCUT2D eigenvalue weighted by molar-refractivity contribution is 0.575. The smallest absolute Gasteiger partial charge is 0.126 e. The molecule has 1 heterocycles. The first kappa shape index (κ1) is 13.0. The van der Waals surface area contributed by atoms with Gasteiger partial charge >= 0.3 is 0 Å². The van der Waals surface area contributed by atoms with E-state index in [-0.39, 0.29) is 0 Å². The van der Waals surface area contributed by atoms with Gasteiger partial charge in [-0.05, 0) is 40.0 Å². The Bertz CT molecular complexity index is 543. The Labute approximate surface area is 111 Å². The molecule has 0 aliphatic carbocycles. The molecule has 0 aliphatic heterocycles. The van der Waals surface area contributed by atoms with Crippen molar-refractivity contribution in [2.24, 2.45) is 5.73 Å². The topological polar surface area (TPSA) is 51.8 Å². The van der Waals surface area contributed by atoms with Gasteiger partial charge in [0, 0.05) is 12.3 Å². The van der Waals surface area contributed by atoms with E-state index in [4.69, 9.17) is 5.73 Å². The van der Waals surface area contributed by atoms with Crippen LogP contribution < -0.4 is 5.73 Å². The molecule has 2 N–H and O–H groups in total. The van der Waals surface area contributed by atoms with Crippen LogP contribution in [-0.4, -0.2) is 9.97 Å². The first-order valence-electron chi connectivity index (χ1n) is 5.22. The predicted molar refractivity (Wildman–Crippen MR) is 66.7 cm³/mol. The average Bonchev–Trinajstić information content (AvgIpc) is 2.27. The van der Waals surface area contributed by atoms with E-state index >= 15 is 0 Å². The van der Waals surface area contributed by atoms with Crippen LogP contribution in [0.15, 0.2) is 35.2 Å². The van der Waals surface area contributed by atoms with Gasteiger partial charge in [-0.3, -0.25) is 0 Å². The summed E-state index contributed by atoms with van der Waals surface area (Å²) < 4.78 is 26.8. The molecule has 18 heavy (non-hydrogen) atoms. The Morgan fingerprint density at radius 2 is 1.89 bits per heavy atom. The number of nitrogens with zero attached hydrogens (tertiary/aromatic N) is 2. The van der Waals surface area contributed by atoms with E-state index in [0.29, 0.717) is 22.2 Å². The van der Waals surface area contributed by atoms with Crippen molar-refractivity contribution in [2.45, 2.75) is 12.5 Å². The lowest BCUT2D eigenvalue weighted by atomic mass is 10.0. The molecule has 0 aliphatic rings. The van der Waals surface area contributed by atoms with Crippen molar-refractivity contribution in [3.63, 3.8) is 0 Å². The number of halogens is 3. The van der Waals surface area contributed by atoms with Crippen LogP contribution in [0.4, 0.5) is 8.78 Å². The zero-order valence-corrected chi connectivity index (χ0v) is 10.9. The standard InChI is InChI=1S/C12H10BrF2N3/c13-10-5-17-6-18-12(10)11(16)3-7-1-8(14)4-9(15)2-7/h1-2,4-6,11H,3,16H2/t11-/m1/s1. The highest BCUT2D eigenvalue weighted by Gasteiger charge is 2.13. The van der Waals surface area contributed by atoms with E-state index in [9.17, 15) is 8.78 Å². The molecule has 0 saturated carbocycles. The molecule has 0 unspecified atom stereocenters. The maximum Gasteiger partial charge on any atom is 0.126 e. The number of rotatable bonds is 3. The molecule has 1 aromatic heterocycles. The molecule has 0 amide bonds. The molecular weight excluding hydrogens is 304 g/mol. The fraction of sp³-hybridized carbons (Fsp3) is 0.167. The van der Waals surface area contributed by atoms with Gasteiger partial charge in [0.05, 0.1) is 16.2 Å². The molecule has 1 atom stereocenters. The average molecular weight is 314 g/mol. The second kappa shape index (κ2) is 5.49. The van der Waals surface area contributed by atoms with Crippen molar-refractivity contribution in [2.75, 3.05) is 0 Å². The Kier molecular flexibility index (Phi) is 3.98. The number of nitrogens with two attached hydrogens (primary N) is 1. The Morgan fingerprint density at radius 3 is 2.50 bits per heavy atom. The zero-order valence-electron chi connectivity index (χ0n) is 9.28. The van der Waals surface area contributed by atoms with Crippen LogP contribution in [0.5, 0.6) is 0 Å². The molecule has 0 spiro atoms. The largest absolute Gasteiger partial charge is 0.322 e. The van der Waals surface area contributed by atoms with Crippen LogP contribution in [0.2, 0.25) is 0 Å². The van der Waals surface area contributed by atoms with Crippen LogP contribution in [0, 0.1) is 11.6 Å². The van der Waals surface area contributed by atoms with E-state index in [1.807, 2.05) is 0 Å². The molecular formula is C12H10BrF2N3. The van der Waals surface area contributed by atoms with Crippen molar-refractivity contribution in [3.05, 3.63) is 58.1 Å². The maximum absolute atomic E-state index is 13.0. The molecule has 6 heteroatoms. The summed E-state index contributed by atoms with van der Waals surface area (Å²) in [6, 6.07) is 2.90. The molecule has 0 fully saturated rings. The fourth-order valence-corrected chi connectivity index (χ4v) is 2.19. The molecule has 1 aromatic carbocycles. The lowest BCUT2D eigenvalue weighted by Gasteiger charge is -2.12. The van der Waals surface area contributed by atoms with Gasteiger partial charge in [0.15, 0.2) is 0 Å². The van der Waals surface area contributed by atoms with Gasteiger partial charge in [-0.25, -0.2) is 18.7 Å². The van der Waals surface area contributed by atoms with E-state index in [1.165, 1.54) is 18.5 Å². The van der Waals surface area contributed by atoms with Crippen molar-refractivity contribution < 1.29 is 8.78 Å². The molecule has 3 nitrogen and oxygen atoms in total. The summed E-state index contributed by atoms with van der Waals surface area (Å²) in [4.78, 5) is 7.88. The summed E-state index contributed by atoms with van der Waals surface area (Å²) in [6.07, 6.45) is 3.25. The summed E-state index contributed by atoms with van der Waals surface area (Å²) >= 11 is 3.29. The highest BCUT2D eigenvalue weighted by atomic mass is 79.9. The first-order chi connectivity index (χ1) is 8.56. The lowest BCUT2D eigenvalue weighted by Crippen LogP contribution is -2.16. The minimum Gasteiger partial charge on any atom is -0.322 e. The van der Waals surface area contributed by atoms with E-state index in [1.54, 1.807) is 6.20 Å².